The average Bonchev–Trinajstić information content (AvgIpc) is 2.46. The molecule has 0 aliphatic carbocycles. The molecule has 0 aromatic heterocycles. The number of carbonyl (C=O) groups excluding carboxylic acids is 1. The quantitative estimate of drug-likeness (QED) is 0.538. The molecular formula is C15H18FNO4. The summed E-state index contributed by atoms with van der Waals surface area (Å²) in [5.41, 5.74) is 0.167. The van der Waals surface area contributed by atoms with E-state index < -0.39 is 17.8 Å². The molecule has 1 unspecified atom stereocenters. The maximum Gasteiger partial charge on any atom is 0.303 e. The molecule has 1 aromatic rings. The Morgan fingerprint density at radius 3 is 2.76 bits per heavy atom. The Hall–Kier alpha value is -2.21. The molecule has 0 fully saturated rings. The first-order valence-electron chi connectivity index (χ1n) is 6.43. The fourth-order valence-corrected chi connectivity index (χ4v) is 1.84. The minimum atomic E-state index is -0.992. The van der Waals surface area contributed by atoms with Crippen molar-refractivity contribution >= 4 is 11.8 Å². The Kier molecular flexibility index (Phi) is 6.55. The van der Waals surface area contributed by atoms with Crippen molar-refractivity contribution in [2.45, 2.75) is 18.9 Å². The zero-order valence-electron chi connectivity index (χ0n) is 11.8. The van der Waals surface area contributed by atoms with Crippen LogP contribution in [0.1, 0.15) is 23.2 Å². The summed E-state index contributed by atoms with van der Waals surface area (Å²) in [6, 6.07) is 3.20. The number of hydrogen-bond donors (Lipinski definition) is 2. The number of nitrogens with one attached hydrogen (secondary N) is 1. The van der Waals surface area contributed by atoms with Gasteiger partial charge in [-0.05, 0) is 24.6 Å². The Morgan fingerprint density at radius 2 is 2.24 bits per heavy atom. The maximum absolute atomic E-state index is 13.6. The van der Waals surface area contributed by atoms with Crippen LogP contribution in [0.3, 0.4) is 0 Å². The number of halogens is 1. The van der Waals surface area contributed by atoms with E-state index in [4.69, 9.17) is 9.84 Å². The van der Waals surface area contributed by atoms with Gasteiger partial charge in [-0.15, -0.1) is 6.58 Å². The molecule has 5 nitrogen and oxygen atoms in total. The highest BCUT2D eigenvalue weighted by Gasteiger charge is 2.21. The normalized spacial score (nSPS) is 11.7. The molecule has 0 spiro atoms. The van der Waals surface area contributed by atoms with Crippen LogP contribution in [0.5, 0.6) is 5.75 Å². The second kappa shape index (κ2) is 8.16. The fraction of sp³-hybridized carbons (Fsp3) is 0.333. The average molecular weight is 295 g/mol. The van der Waals surface area contributed by atoms with E-state index in [0.29, 0.717) is 6.54 Å². The Bertz CT molecular complexity index is 530. The number of carbonyl (C=O) groups is 2. The second-order valence-electron chi connectivity index (χ2n) is 4.40. The van der Waals surface area contributed by atoms with Crippen LogP contribution >= 0.6 is 0 Å². The van der Waals surface area contributed by atoms with E-state index in [1.807, 2.05) is 0 Å². The molecule has 0 amide bonds. The summed E-state index contributed by atoms with van der Waals surface area (Å²) >= 11 is 0. The van der Waals surface area contributed by atoms with Gasteiger partial charge in [-0.1, -0.05) is 6.08 Å². The number of benzene rings is 1. The van der Waals surface area contributed by atoms with E-state index in [2.05, 4.69) is 11.9 Å². The van der Waals surface area contributed by atoms with E-state index in [9.17, 15) is 14.0 Å². The van der Waals surface area contributed by atoms with Crippen LogP contribution in [0.25, 0.3) is 0 Å². The number of aliphatic carboxylic acids is 1. The number of carboxylic acids is 1. The summed E-state index contributed by atoms with van der Waals surface area (Å²) in [5.74, 6) is -1.94. The Labute approximate surface area is 122 Å². The molecule has 0 radical (unpaired) electrons. The monoisotopic (exact) mass is 295 g/mol. The lowest BCUT2D eigenvalue weighted by molar-refractivity contribution is -0.137. The van der Waals surface area contributed by atoms with Gasteiger partial charge in [0.2, 0.25) is 0 Å². The Morgan fingerprint density at radius 1 is 1.52 bits per heavy atom. The van der Waals surface area contributed by atoms with Gasteiger partial charge >= 0.3 is 5.97 Å². The van der Waals surface area contributed by atoms with Gasteiger partial charge in [0.05, 0.1) is 13.2 Å². The van der Waals surface area contributed by atoms with Gasteiger partial charge in [0, 0.05) is 18.5 Å². The largest absolute Gasteiger partial charge is 0.494 e. The molecule has 21 heavy (non-hydrogen) atoms. The van der Waals surface area contributed by atoms with E-state index in [1.165, 1.54) is 19.2 Å². The number of methoxy groups -OCH3 is 1. The van der Waals surface area contributed by atoms with Crippen molar-refractivity contribution in [2.24, 2.45) is 0 Å². The summed E-state index contributed by atoms with van der Waals surface area (Å²) in [6.07, 6.45) is 1.53. The predicted octanol–water partition coefficient (Wildman–Crippen LogP) is 2.03. The summed E-state index contributed by atoms with van der Waals surface area (Å²) in [6.45, 7) is 3.89. The smallest absolute Gasteiger partial charge is 0.303 e. The maximum atomic E-state index is 13.6. The fourth-order valence-electron chi connectivity index (χ4n) is 1.84. The van der Waals surface area contributed by atoms with Crippen molar-refractivity contribution in [3.8, 4) is 5.75 Å². The van der Waals surface area contributed by atoms with Crippen LogP contribution in [-0.4, -0.2) is 36.6 Å². The molecule has 0 aliphatic rings. The molecule has 114 valence electrons. The minimum absolute atomic E-state index is 0.0488. The lowest BCUT2D eigenvalue weighted by atomic mass is 9.99. The van der Waals surface area contributed by atoms with Crippen LogP contribution in [0.4, 0.5) is 4.39 Å². The van der Waals surface area contributed by atoms with Gasteiger partial charge in [-0.2, -0.15) is 0 Å². The van der Waals surface area contributed by atoms with Crippen LogP contribution in [0.2, 0.25) is 0 Å². The highest BCUT2D eigenvalue weighted by Crippen LogP contribution is 2.19. The van der Waals surface area contributed by atoms with Crippen molar-refractivity contribution in [3.05, 3.63) is 42.2 Å². The van der Waals surface area contributed by atoms with Gasteiger partial charge in [0.25, 0.3) is 0 Å². The van der Waals surface area contributed by atoms with Crippen molar-refractivity contribution in [1.82, 2.24) is 5.32 Å². The van der Waals surface area contributed by atoms with E-state index >= 15 is 0 Å². The highest BCUT2D eigenvalue weighted by atomic mass is 19.1. The first kappa shape index (κ1) is 16.8. The highest BCUT2D eigenvalue weighted by molar-refractivity contribution is 6.00. The zero-order valence-corrected chi connectivity index (χ0v) is 11.8. The number of rotatable bonds is 9. The summed E-state index contributed by atoms with van der Waals surface area (Å²) in [7, 11) is 1.33. The minimum Gasteiger partial charge on any atom is -0.494 e. The van der Waals surface area contributed by atoms with Gasteiger partial charge in [0.1, 0.15) is 0 Å². The van der Waals surface area contributed by atoms with Crippen LogP contribution < -0.4 is 10.1 Å². The van der Waals surface area contributed by atoms with Gasteiger partial charge in [0.15, 0.2) is 17.3 Å². The van der Waals surface area contributed by atoms with Crippen molar-refractivity contribution in [3.63, 3.8) is 0 Å². The molecule has 0 saturated heterocycles. The summed E-state index contributed by atoms with van der Waals surface area (Å²) < 4.78 is 18.4. The third-order valence-electron chi connectivity index (χ3n) is 2.91. The number of ether oxygens (including phenoxy) is 1. The van der Waals surface area contributed by atoms with Crippen molar-refractivity contribution in [1.29, 1.82) is 0 Å². The topological polar surface area (TPSA) is 75.6 Å². The predicted molar refractivity (Wildman–Crippen MR) is 76.1 cm³/mol. The molecule has 2 N–H and O–H groups in total. The first-order chi connectivity index (χ1) is 9.99. The number of hydrogen-bond acceptors (Lipinski definition) is 4. The zero-order chi connectivity index (χ0) is 15.8. The number of carboxylic acid groups (broad SMARTS) is 1. The van der Waals surface area contributed by atoms with E-state index in [-0.39, 0.29) is 29.9 Å². The van der Waals surface area contributed by atoms with E-state index in [0.717, 1.165) is 6.07 Å². The molecule has 1 rings (SSSR count). The second-order valence-corrected chi connectivity index (χ2v) is 4.40. The molecule has 6 heteroatoms. The lowest BCUT2D eigenvalue weighted by Gasteiger charge is -2.16. The van der Waals surface area contributed by atoms with Crippen LogP contribution in [0, 0.1) is 5.82 Å². The van der Waals surface area contributed by atoms with Crippen LogP contribution in [-0.2, 0) is 4.79 Å². The molecule has 0 saturated carbocycles. The summed E-state index contributed by atoms with van der Waals surface area (Å²) in [5, 5.41) is 11.6. The third-order valence-corrected chi connectivity index (χ3v) is 2.91. The van der Waals surface area contributed by atoms with E-state index in [1.54, 1.807) is 6.08 Å². The molecule has 0 bridgehead atoms. The molecule has 1 aromatic carbocycles. The van der Waals surface area contributed by atoms with Gasteiger partial charge < -0.3 is 15.2 Å². The molecule has 1 atom stereocenters. The van der Waals surface area contributed by atoms with Gasteiger partial charge in [-0.25, -0.2) is 4.39 Å². The number of Topliss-reactive ketones (excluding diaryl/α,β-unsaturated/α-hetero) is 1. The van der Waals surface area contributed by atoms with Gasteiger partial charge in [-0.3, -0.25) is 9.59 Å². The molecule has 0 aliphatic heterocycles. The standard InChI is InChI=1S/C15H18FNO4/c1-3-8-17-12(5-7-14(18)19)15(20)10-4-6-13(21-2)11(16)9-10/h3-4,6,9,12,17H,1,5,7-8H2,2H3,(H,18,19). The SMILES string of the molecule is C=CCNC(CCC(=O)O)C(=O)c1ccc(OC)c(F)c1. The van der Waals surface area contributed by atoms with Crippen molar-refractivity contribution < 1.29 is 23.8 Å². The Balaban J connectivity index is 2.89. The molecule has 0 heterocycles. The lowest BCUT2D eigenvalue weighted by Crippen LogP contribution is -2.37. The summed E-state index contributed by atoms with van der Waals surface area (Å²) in [4.78, 5) is 23.0. The number of ketones is 1. The molecular weight excluding hydrogens is 277 g/mol. The first-order valence-corrected chi connectivity index (χ1v) is 6.43. The third kappa shape index (κ3) is 5.00. The van der Waals surface area contributed by atoms with Crippen molar-refractivity contribution in [2.75, 3.05) is 13.7 Å². The van der Waals surface area contributed by atoms with Crippen LogP contribution in [0.15, 0.2) is 30.9 Å².